The van der Waals surface area contributed by atoms with Crippen LogP contribution in [0.1, 0.15) is 48.1 Å². The van der Waals surface area contributed by atoms with E-state index in [0.29, 0.717) is 22.5 Å². The lowest BCUT2D eigenvalue weighted by Gasteiger charge is -2.23. The number of aliphatic hydroxyl groups is 1. The van der Waals surface area contributed by atoms with Crippen molar-refractivity contribution in [3.8, 4) is 0 Å². The largest absolute Gasteiger partial charge is 0.507 e. The Kier molecular flexibility index (Phi) is 7.52. The van der Waals surface area contributed by atoms with Gasteiger partial charge in [-0.2, -0.15) is 0 Å². The predicted octanol–water partition coefficient (Wildman–Crippen LogP) is 5.94. The summed E-state index contributed by atoms with van der Waals surface area (Å²) in [6.07, 6.45) is 1.08. The number of aromatic nitrogens is 1. The number of amides is 1. The lowest BCUT2D eigenvalue weighted by Crippen LogP contribution is -2.29. The van der Waals surface area contributed by atoms with Crippen LogP contribution in [-0.2, 0) is 19.4 Å². The molecule has 1 aromatic heterocycles. The second kappa shape index (κ2) is 11.0. The molecule has 42 heavy (non-hydrogen) atoms. The lowest BCUT2D eigenvalue weighted by atomic mass is 9.93. The van der Waals surface area contributed by atoms with Gasteiger partial charge in [-0.25, -0.2) is 13.4 Å². The molecule has 1 amide bonds. The third-order valence-electron chi connectivity index (χ3n) is 6.99. The number of thiazole rings is 1. The van der Waals surface area contributed by atoms with Crippen LogP contribution in [-0.4, -0.2) is 35.1 Å². The molecular formula is C30H25N3O7S2. The number of ketones is 1. The Hall–Kier alpha value is -4.68. The summed E-state index contributed by atoms with van der Waals surface area (Å²) in [6, 6.07) is 17.5. The van der Waals surface area contributed by atoms with E-state index in [4.69, 9.17) is 0 Å². The minimum atomic E-state index is -4.15. The van der Waals surface area contributed by atoms with Crippen molar-refractivity contribution in [2.45, 2.75) is 41.8 Å². The second-order valence-electron chi connectivity index (χ2n) is 10.1. The van der Waals surface area contributed by atoms with Crippen molar-refractivity contribution in [3.05, 3.63) is 117 Å². The molecule has 0 bridgehead atoms. The standard InChI is InChI=1S/C30H25N3O7S2/c1-17(2)19-8-10-20(11-9-19)26-25(27(34)21-6-4-18(3)5-7-21)28(35)29(36)32(26)30-31-16-24(41-30)42(39,40)23-14-12-22(13-15-23)33(37)38/h4-17,26,34H,1-3H3/b27-25+/t26-/m1/s1. The Balaban J connectivity index is 1.62. The number of aliphatic hydroxyl groups excluding tert-OH is 1. The van der Waals surface area contributed by atoms with Gasteiger partial charge < -0.3 is 5.11 Å². The quantitative estimate of drug-likeness (QED) is 0.0897. The van der Waals surface area contributed by atoms with E-state index in [9.17, 15) is 33.2 Å². The first-order chi connectivity index (χ1) is 19.9. The smallest absolute Gasteiger partial charge is 0.301 e. The number of rotatable bonds is 7. The van der Waals surface area contributed by atoms with Crippen molar-refractivity contribution in [2.24, 2.45) is 0 Å². The molecule has 214 valence electrons. The van der Waals surface area contributed by atoms with Gasteiger partial charge in [0.2, 0.25) is 9.84 Å². The number of anilines is 1. The molecule has 2 heterocycles. The van der Waals surface area contributed by atoms with E-state index in [-0.39, 0.29) is 37.2 Å². The summed E-state index contributed by atoms with van der Waals surface area (Å²) < 4.78 is 26.4. The van der Waals surface area contributed by atoms with Crippen LogP contribution in [0.15, 0.2) is 93.7 Å². The Morgan fingerprint density at radius 1 is 1.00 bits per heavy atom. The fourth-order valence-electron chi connectivity index (χ4n) is 4.62. The first kappa shape index (κ1) is 28.8. The lowest BCUT2D eigenvalue weighted by molar-refractivity contribution is -0.384. The zero-order valence-corrected chi connectivity index (χ0v) is 24.3. The molecule has 3 aromatic carbocycles. The molecule has 10 nitrogen and oxygen atoms in total. The Morgan fingerprint density at radius 2 is 1.62 bits per heavy atom. The van der Waals surface area contributed by atoms with Gasteiger partial charge in [0.25, 0.3) is 11.5 Å². The summed E-state index contributed by atoms with van der Waals surface area (Å²) in [5, 5.41) is 22.2. The number of nitro groups is 1. The summed E-state index contributed by atoms with van der Waals surface area (Å²) in [5.74, 6) is -2.02. The number of hydrogen-bond donors (Lipinski definition) is 1. The summed E-state index contributed by atoms with van der Waals surface area (Å²) in [5.41, 5.74) is 2.44. The van der Waals surface area contributed by atoms with Gasteiger partial charge in [-0.05, 0) is 36.1 Å². The van der Waals surface area contributed by atoms with Gasteiger partial charge in [0.05, 0.1) is 27.6 Å². The molecule has 0 radical (unpaired) electrons. The maximum atomic E-state index is 13.5. The molecule has 1 fully saturated rings. The van der Waals surface area contributed by atoms with Gasteiger partial charge in [-0.1, -0.05) is 79.3 Å². The molecular weight excluding hydrogens is 578 g/mol. The van der Waals surface area contributed by atoms with Crippen LogP contribution >= 0.6 is 11.3 Å². The van der Waals surface area contributed by atoms with Crippen LogP contribution in [0.25, 0.3) is 5.76 Å². The molecule has 0 saturated carbocycles. The SMILES string of the molecule is Cc1ccc(/C(O)=C2\C(=O)C(=O)N(c3ncc(S(=O)(=O)c4ccc([N+](=O)[O-])cc4)s3)[C@@H]2c2ccc(C(C)C)cc2)cc1. The number of nitro benzene ring substituents is 1. The molecule has 5 rings (SSSR count). The van der Waals surface area contributed by atoms with E-state index in [1.807, 2.05) is 32.9 Å². The highest BCUT2D eigenvalue weighted by atomic mass is 32.2. The first-order valence-corrected chi connectivity index (χ1v) is 15.1. The number of benzene rings is 3. The van der Waals surface area contributed by atoms with E-state index >= 15 is 0 Å². The minimum absolute atomic E-state index is 0.0570. The third-order valence-corrected chi connectivity index (χ3v) is 10.2. The molecule has 0 spiro atoms. The van der Waals surface area contributed by atoms with E-state index in [0.717, 1.165) is 46.5 Å². The van der Waals surface area contributed by atoms with Crippen LogP contribution in [0.3, 0.4) is 0 Å². The maximum Gasteiger partial charge on any atom is 0.301 e. The summed E-state index contributed by atoms with van der Waals surface area (Å²) in [6.45, 7) is 5.94. The topological polar surface area (TPSA) is 148 Å². The summed E-state index contributed by atoms with van der Waals surface area (Å²) >= 11 is 0.682. The molecule has 1 saturated heterocycles. The number of sulfone groups is 1. The van der Waals surface area contributed by atoms with Crippen molar-refractivity contribution in [1.82, 2.24) is 4.98 Å². The number of non-ortho nitro benzene ring substituents is 1. The van der Waals surface area contributed by atoms with Crippen LogP contribution in [0.2, 0.25) is 0 Å². The van der Waals surface area contributed by atoms with Crippen LogP contribution in [0.5, 0.6) is 0 Å². The highest BCUT2D eigenvalue weighted by Crippen LogP contribution is 2.44. The normalized spacial score (nSPS) is 16.8. The first-order valence-electron chi connectivity index (χ1n) is 12.8. The monoisotopic (exact) mass is 603 g/mol. The fraction of sp³-hybridized carbons (Fsp3) is 0.167. The second-order valence-corrected chi connectivity index (χ2v) is 13.3. The molecule has 1 N–H and O–H groups in total. The number of nitrogens with zero attached hydrogens (tertiary/aromatic N) is 3. The molecule has 0 unspecified atom stereocenters. The van der Waals surface area contributed by atoms with Crippen molar-refractivity contribution >= 4 is 49.4 Å². The number of carbonyl (C=O) groups is 2. The Morgan fingerprint density at radius 3 is 2.19 bits per heavy atom. The van der Waals surface area contributed by atoms with Gasteiger partial charge in [0, 0.05) is 17.7 Å². The predicted molar refractivity (Wildman–Crippen MR) is 157 cm³/mol. The average molecular weight is 604 g/mol. The van der Waals surface area contributed by atoms with E-state index in [2.05, 4.69) is 4.98 Å². The fourth-order valence-corrected chi connectivity index (χ4v) is 7.17. The van der Waals surface area contributed by atoms with Crippen LogP contribution in [0, 0.1) is 17.0 Å². The summed E-state index contributed by atoms with van der Waals surface area (Å²) in [7, 11) is -4.15. The van der Waals surface area contributed by atoms with Crippen molar-refractivity contribution in [3.63, 3.8) is 0 Å². The van der Waals surface area contributed by atoms with Gasteiger partial charge >= 0.3 is 5.91 Å². The summed E-state index contributed by atoms with van der Waals surface area (Å²) in [4.78, 5) is 42.4. The van der Waals surface area contributed by atoms with E-state index in [1.54, 1.807) is 36.4 Å². The highest BCUT2D eigenvalue weighted by molar-refractivity contribution is 7.93. The number of carbonyl (C=O) groups excluding carboxylic acids is 2. The Labute approximate surface area is 245 Å². The highest BCUT2D eigenvalue weighted by Gasteiger charge is 2.48. The molecule has 4 aromatic rings. The maximum absolute atomic E-state index is 13.5. The van der Waals surface area contributed by atoms with Gasteiger partial charge in [0.1, 0.15) is 9.97 Å². The Bertz CT molecular complexity index is 1840. The minimum Gasteiger partial charge on any atom is -0.507 e. The van der Waals surface area contributed by atoms with Gasteiger partial charge in [0.15, 0.2) is 5.13 Å². The van der Waals surface area contributed by atoms with Crippen molar-refractivity contribution in [2.75, 3.05) is 4.90 Å². The van der Waals surface area contributed by atoms with E-state index in [1.165, 1.54) is 0 Å². The zero-order valence-electron chi connectivity index (χ0n) is 22.7. The third kappa shape index (κ3) is 5.10. The number of hydrogen-bond acceptors (Lipinski definition) is 9. The van der Waals surface area contributed by atoms with Crippen LogP contribution < -0.4 is 4.90 Å². The van der Waals surface area contributed by atoms with Crippen LogP contribution in [0.4, 0.5) is 10.8 Å². The van der Waals surface area contributed by atoms with Crippen molar-refractivity contribution < 1.29 is 28.0 Å². The molecule has 1 atom stereocenters. The van der Waals surface area contributed by atoms with Gasteiger partial charge in [-0.15, -0.1) is 0 Å². The molecule has 0 aliphatic carbocycles. The van der Waals surface area contributed by atoms with Gasteiger partial charge in [-0.3, -0.25) is 24.6 Å². The average Bonchev–Trinajstić information content (AvgIpc) is 3.56. The zero-order chi connectivity index (χ0) is 30.3. The molecule has 1 aliphatic rings. The van der Waals surface area contributed by atoms with Crippen molar-refractivity contribution in [1.29, 1.82) is 0 Å². The van der Waals surface area contributed by atoms with E-state index < -0.39 is 32.5 Å². The number of Topliss-reactive ketones (excluding diaryl/α,β-unsaturated/α-hetero) is 1. The number of aryl methyl sites for hydroxylation is 1. The molecule has 1 aliphatic heterocycles. The molecule has 12 heteroatoms.